The van der Waals surface area contributed by atoms with E-state index in [1.807, 2.05) is 6.92 Å². The molecule has 0 aliphatic carbocycles. The molecule has 0 fully saturated rings. The van der Waals surface area contributed by atoms with E-state index in [9.17, 15) is 9.59 Å². The first-order valence-electron chi connectivity index (χ1n) is 7.32. The second kappa shape index (κ2) is 8.13. The Labute approximate surface area is 154 Å². The van der Waals surface area contributed by atoms with Crippen LogP contribution in [0.4, 0.5) is 4.79 Å². The number of amides is 2. The van der Waals surface area contributed by atoms with Crippen molar-refractivity contribution in [2.75, 3.05) is 0 Å². The highest BCUT2D eigenvalue weighted by atomic mass is 35.5. The summed E-state index contributed by atoms with van der Waals surface area (Å²) in [6.07, 6.45) is 0.360. The van der Waals surface area contributed by atoms with Gasteiger partial charge >= 0.3 is 6.09 Å². The number of aromatic nitrogens is 2. The molecule has 2 amide bonds. The summed E-state index contributed by atoms with van der Waals surface area (Å²) in [5.74, 6) is -0.444. The van der Waals surface area contributed by atoms with Crippen LogP contribution in [-0.4, -0.2) is 27.1 Å². The SMILES string of the molecule is Cc1cc(C(C)NC(=O)c2cc(CNC(=O)O)cc(Cl)n2)ncc1Cl. The molecule has 3 N–H and O–H groups in total. The van der Waals surface area contributed by atoms with Crippen LogP contribution in [0, 0.1) is 6.92 Å². The van der Waals surface area contributed by atoms with Gasteiger partial charge in [0.2, 0.25) is 0 Å². The second-order valence-corrected chi connectivity index (χ2v) is 6.19. The molecule has 0 aliphatic heterocycles. The van der Waals surface area contributed by atoms with Gasteiger partial charge in [0.25, 0.3) is 5.91 Å². The number of carboxylic acid groups (broad SMARTS) is 1. The lowest BCUT2D eigenvalue weighted by Gasteiger charge is -2.14. The van der Waals surface area contributed by atoms with E-state index in [0.29, 0.717) is 16.3 Å². The Morgan fingerprint density at radius 3 is 2.64 bits per heavy atom. The summed E-state index contributed by atoms with van der Waals surface area (Å²) in [5.41, 5.74) is 2.13. The van der Waals surface area contributed by atoms with Gasteiger partial charge < -0.3 is 15.7 Å². The zero-order valence-corrected chi connectivity index (χ0v) is 15.0. The summed E-state index contributed by atoms with van der Waals surface area (Å²) >= 11 is 11.9. The molecular weight excluding hydrogens is 367 g/mol. The van der Waals surface area contributed by atoms with Crippen LogP contribution in [0.25, 0.3) is 0 Å². The molecule has 0 aliphatic rings. The number of halogens is 2. The fourth-order valence-electron chi connectivity index (χ4n) is 2.09. The van der Waals surface area contributed by atoms with E-state index in [2.05, 4.69) is 20.6 Å². The Hall–Kier alpha value is -2.38. The Kier molecular flexibility index (Phi) is 6.17. The zero-order valence-electron chi connectivity index (χ0n) is 13.5. The molecule has 25 heavy (non-hydrogen) atoms. The number of nitrogens with zero attached hydrogens (tertiary/aromatic N) is 2. The van der Waals surface area contributed by atoms with Crippen molar-refractivity contribution in [3.63, 3.8) is 0 Å². The van der Waals surface area contributed by atoms with Gasteiger partial charge in [-0.2, -0.15) is 0 Å². The van der Waals surface area contributed by atoms with Crippen LogP contribution in [0.5, 0.6) is 0 Å². The average molecular weight is 383 g/mol. The average Bonchev–Trinajstić information content (AvgIpc) is 2.54. The number of carbonyl (C=O) groups excluding carboxylic acids is 1. The molecule has 9 heteroatoms. The van der Waals surface area contributed by atoms with Crippen molar-refractivity contribution in [1.29, 1.82) is 0 Å². The van der Waals surface area contributed by atoms with Crippen molar-refractivity contribution < 1.29 is 14.7 Å². The maximum atomic E-state index is 12.4. The third-order valence-corrected chi connectivity index (χ3v) is 3.98. The number of rotatable bonds is 5. The third-order valence-electron chi connectivity index (χ3n) is 3.39. The molecule has 7 nitrogen and oxygen atoms in total. The minimum atomic E-state index is -1.17. The Balaban J connectivity index is 2.13. The number of hydrogen-bond donors (Lipinski definition) is 3. The van der Waals surface area contributed by atoms with Crippen LogP contribution < -0.4 is 10.6 Å². The lowest BCUT2D eigenvalue weighted by Crippen LogP contribution is -2.28. The summed E-state index contributed by atoms with van der Waals surface area (Å²) < 4.78 is 0. The van der Waals surface area contributed by atoms with Gasteiger partial charge in [-0.05, 0) is 43.2 Å². The molecular formula is C16H16Cl2N4O3. The quantitative estimate of drug-likeness (QED) is 0.687. The number of carbonyl (C=O) groups is 2. The van der Waals surface area contributed by atoms with Crippen LogP contribution >= 0.6 is 23.2 Å². The van der Waals surface area contributed by atoms with E-state index >= 15 is 0 Å². The van der Waals surface area contributed by atoms with Crippen molar-refractivity contribution in [2.24, 2.45) is 0 Å². The van der Waals surface area contributed by atoms with E-state index in [1.54, 1.807) is 13.0 Å². The maximum absolute atomic E-state index is 12.4. The molecule has 0 aromatic carbocycles. The van der Waals surface area contributed by atoms with Crippen LogP contribution in [0.3, 0.4) is 0 Å². The molecule has 0 saturated carbocycles. The zero-order chi connectivity index (χ0) is 18.6. The van der Waals surface area contributed by atoms with E-state index in [1.165, 1.54) is 18.3 Å². The summed E-state index contributed by atoms with van der Waals surface area (Å²) in [6, 6.07) is 4.39. The van der Waals surface area contributed by atoms with Crippen molar-refractivity contribution in [2.45, 2.75) is 26.4 Å². The van der Waals surface area contributed by atoms with Gasteiger partial charge in [-0.1, -0.05) is 23.2 Å². The summed E-state index contributed by atoms with van der Waals surface area (Å²) in [5, 5.41) is 14.3. The van der Waals surface area contributed by atoms with E-state index in [0.717, 1.165) is 5.56 Å². The molecule has 0 radical (unpaired) electrons. The highest BCUT2D eigenvalue weighted by molar-refractivity contribution is 6.31. The van der Waals surface area contributed by atoms with Gasteiger partial charge in [-0.25, -0.2) is 9.78 Å². The summed E-state index contributed by atoms with van der Waals surface area (Å²) in [7, 11) is 0. The number of hydrogen-bond acceptors (Lipinski definition) is 4. The van der Waals surface area contributed by atoms with Gasteiger partial charge in [-0.3, -0.25) is 9.78 Å². The van der Waals surface area contributed by atoms with Gasteiger partial charge in [-0.15, -0.1) is 0 Å². The lowest BCUT2D eigenvalue weighted by molar-refractivity contribution is 0.0934. The van der Waals surface area contributed by atoms with Crippen molar-refractivity contribution in [1.82, 2.24) is 20.6 Å². The number of nitrogens with one attached hydrogen (secondary N) is 2. The minimum Gasteiger partial charge on any atom is -0.465 e. The van der Waals surface area contributed by atoms with Crippen LogP contribution in [0.15, 0.2) is 24.4 Å². The Bertz CT molecular complexity index is 814. The molecule has 2 aromatic heterocycles. The first kappa shape index (κ1) is 19.0. The first-order valence-corrected chi connectivity index (χ1v) is 8.08. The number of aryl methyl sites for hydroxylation is 1. The molecule has 2 rings (SSSR count). The van der Waals surface area contributed by atoms with Crippen molar-refractivity contribution >= 4 is 35.2 Å². The predicted octanol–water partition coefficient (Wildman–Crippen LogP) is 3.35. The molecule has 2 aromatic rings. The van der Waals surface area contributed by atoms with Gasteiger partial charge in [0, 0.05) is 12.7 Å². The number of pyridine rings is 2. The predicted molar refractivity (Wildman–Crippen MR) is 94.0 cm³/mol. The van der Waals surface area contributed by atoms with Gasteiger partial charge in [0.15, 0.2) is 0 Å². The van der Waals surface area contributed by atoms with Crippen LogP contribution in [0.1, 0.15) is 40.3 Å². The molecule has 1 atom stereocenters. The van der Waals surface area contributed by atoms with E-state index in [4.69, 9.17) is 28.3 Å². The van der Waals surface area contributed by atoms with Crippen LogP contribution in [0.2, 0.25) is 10.2 Å². The monoisotopic (exact) mass is 382 g/mol. The molecule has 0 saturated heterocycles. The lowest BCUT2D eigenvalue weighted by atomic mass is 10.1. The van der Waals surface area contributed by atoms with Gasteiger partial charge in [0.05, 0.1) is 16.8 Å². The minimum absolute atomic E-state index is 0.0192. The highest BCUT2D eigenvalue weighted by Crippen LogP contribution is 2.18. The Morgan fingerprint density at radius 1 is 1.28 bits per heavy atom. The molecule has 0 spiro atoms. The summed E-state index contributed by atoms with van der Waals surface area (Å²) in [4.78, 5) is 31.2. The van der Waals surface area contributed by atoms with Crippen LogP contribution in [-0.2, 0) is 6.54 Å². The molecule has 2 heterocycles. The van der Waals surface area contributed by atoms with E-state index < -0.39 is 12.0 Å². The Morgan fingerprint density at radius 2 is 2.00 bits per heavy atom. The van der Waals surface area contributed by atoms with Crippen molar-refractivity contribution in [3.05, 3.63) is 57.1 Å². The molecule has 0 bridgehead atoms. The first-order chi connectivity index (χ1) is 11.8. The highest BCUT2D eigenvalue weighted by Gasteiger charge is 2.16. The molecule has 132 valence electrons. The maximum Gasteiger partial charge on any atom is 0.404 e. The standard InChI is InChI=1S/C16H16Cl2N4O3/c1-8-3-12(19-7-11(8)17)9(2)21-15(23)13-4-10(5-14(18)22-13)6-20-16(24)25/h3-5,7,9,20H,6H2,1-2H3,(H,21,23)(H,24,25). The summed E-state index contributed by atoms with van der Waals surface area (Å²) in [6.45, 7) is 3.65. The normalized spacial score (nSPS) is 11.7. The largest absolute Gasteiger partial charge is 0.465 e. The van der Waals surface area contributed by atoms with Crippen molar-refractivity contribution in [3.8, 4) is 0 Å². The van der Waals surface area contributed by atoms with E-state index in [-0.39, 0.29) is 23.4 Å². The fraction of sp³-hybridized carbons (Fsp3) is 0.250. The smallest absolute Gasteiger partial charge is 0.404 e. The molecule has 1 unspecified atom stereocenters. The fourth-order valence-corrected chi connectivity index (χ4v) is 2.42. The third kappa shape index (κ3) is 5.30. The second-order valence-electron chi connectivity index (χ2n) is 5.40. The van der Waals surface area contributed by atoms with Gasteiger partial charge in [0.1, 0.15) is 10.8 Å². The topological polar surface area (TPSA) is 104 Å².